The second kappa shape index (κ2) is 10.9. The van der Waals surface area contributed by atoms with Gasteiger partial charge in [0.25, 0.3) is 0 Å². The molecule has 1 aromatic carbocycles. The lowest BCUT2D eigenvalue weighted by atomic mass is 9.92. The molecule has 0 amide bonds. The summed E-state index contributed by atoms with van der Waals surface area (Å²) in [4.78, 5) is 20.0. The fourth-order valence-corrected chi connectivity index (χ4v) is 1.83. The zero-order valence-corrected chi connectivity index (χ0v) is 14.9. The van der Waals surface area contributed by atoms with Crippen molar-refractivity contribution in [3.63, 3.8) is 0 Å². The monoisotopic (exact) mass is 418 g/mol. The van der Waals surface area contributed by atoms with Crippen LogP contribution in [0.5, 0.6) is 0 Å². The van der Waals surface area contributed by atoms with E-state index in [0.717, 1.165) is 25.6 Å². The first-order valence-electron chi connectivity index (χ1n) is 7.69. The van der Waals surface area contributed by atoms with Gasteiger partial charge in [0.05, 0.1) is 0 Å². The van der Waals surface area contributed by atoms with Crippen molar-refractivity contribution < 1.29 is 46.1 Å². The van der Waals surface area contributed by atoms with Crippen molar-refractivity contribution in [2.24, 2.45) is 0 Å². The van der Waals surface area contributed by atoms with E-state index in [4.69, 9.17) is 19.8 Å². The molecule has 1 fully saturated rings. The summed E-state index contributed by atoms with van der Waals surface area (Å²) in [6, 6.07) is 8.96. The highest BCUT2D eigenvalue weighted by Gasteiger charge is 2.38. The van der Waals surface area contributed by atoms with Gasteiger partial charge in [0.1, 0.15) is 0 Å². The number of carboxylic acid groups (broad SMARTS) is 2. The number of rotatable bonds is 3. The Balaban J connectivity index is 0.000000444. The molecule has 0 unspecified atom stereocenters. The number of alkyl halides is 6. The van der Waals surface area contributed by atoms with Gasteiger partial charge in [0.15, 0.2) is 0 Å². The topological polar surface area (TPSA) is 89.9 Å². The first-order valence-corrected chi connectivity index (χ1v) is 7.69. The van der Waals surface area contributed by atoms with Gasteiger partial charge in [-0.2, -0.15) is 26.3 Å². The Morgan fingerprint density at radius 2 is 1.46 bits per heavy atom. The summed E-state index contributed by atoms with van der Waals surface area (Å²) in [5, 5.41) is 17.6. The van der Waals surface area contributed by atoms with Gasteiger partial charge in [-0.05, 0) is 25.2 Å². The lowest BCUT2D eigenvalue weighted by Gasteiger charge is -2.28. The third-order valence-corrected chi connectivity index (χ3v) is 3.19. The van der Waals surface area contributed by atoms with Gasteiger partial charge >= 0.3 is 24.3 Å². The summed E-state index contributed by atoms with van der Waals surface area (Å²) in [5.74, 6) is -4.77. The molecule has 1 aliphatic rings. The van der Waals surface area contributed by atoms with E-state index in [0.29, 0.717) is 0 Å². The molecule has 12 heteroatoms. The molecule has 0 saturated carbocycles. The smallest absolute Gasteiger partial charge is 0.475 e. The predicted octanol–water partition coefficient (Wildman–Crippen LogP) is 2.70. The van der Waals surface area contributed by atoms with Crippen LogP contribution in [0.4, 0.5) is 26.3 Å². The van der Waals surface area contributed by atoms with E-state index in [1.165, 1.54) is 11.1 Å². The molecule has 3 N–H and O–H groups in total. The highest BCUT2D eigenvalue weighted by Crippen LogP contribution is 2.20. The molecule has 0 radical (unpaired) electrons. The minimum absolute atomic E-state index is 0.747. The number of hydrogen-bond acceptors (Lipinski definition) is 4. The molecule has 0 aromatic heterocycles. The van der Waals surface area contributed by atoms with Crippen molar-refractivity contribution in [1.82, 2.24) is 10.2 Å². The van der Waals surface area contributed by atoms with Crippen LogP contribution in [0, 0.1) is 0 Å². The number of nitrogens with zero attached hydrogens (tertiary/aromatic N) is 1. The number of carboxylic acids is 2. The molecule has 1 aromatic rings. The minimum Gasteiger partial charge on any atom is -0.475 e. The number of aliphatic carboxylic acids is 2. The van der Waals surface area contributed by atoms with Crippen LogP contribution in [0.2, 0.25) is 0 Å². The van der Waals surface area contributed by atoms with Gasteiger partial charge < -0.3 is 20.4 Å². The molecule has 28 heavy (non-hydrogen) atoms. The normalized spacial score (nSPS) is 14.2. The summed E-state index contributed by atoms with van der Waals surface area (Å²) in [7, 11) is 4.22. The van der Waals surface area contributed by atoms with Crippen LogP contribution in [-0.2, 0) is 16.1 Å². The van der Waals surface area contributed by atoms with Crippen molar-refractivity contribution in [2.45, 2.75) is 24.8 Å². The van der Waals surface area contributed by atoms with Crippen LogP contribution in [0.3, 0.4) is 0 Å². The van der Waals surface area contributed by atoms with Crippen LogP contribution in [0.1, 0.15) is 17.0 Å². The van der Waals surface area contributed by atoms with Gasteiger partial charge in [-0.25, -0.2) is 9.59 Å². The molecule has 0 aliphatic carbocycles. The fourth-order valence-electron chi connectivity index (χ4n) is 1.83. The van der Waals surface area contributed by atoms with Crippen LogP contribution in [0.25, 0.3) is 0 Å². The minimum atomic E-state index is -5.08. The number of benzene rings is 1. The number of nitrogens with one attached hydrogen (secondary N) is 1. The van der Waals surface area contributed by atoms with Crippen LogP contribution in [-0.4, -0.2) is 66.6 Å². The lowest BCUT2D eigenvalue weighted by Crippen LogP contribution is -2.39. The molecule has 0 spiro atoms. The largest absolute Gasteiger partial charge is 0.490 e. The van der Waals surface area contributed by atoms with E-state index in [-0.39, 0.29) is 0 Å². The Hall–Kier alpha value is -2.34. The van der Waals surface area contributed by atoms with Crippen molar-refractivity contribution >= 4 is 11.9 Å². The molecule has 1 heterocycles. The standard InChI is InChI=1S/C12H18N2.2C2HF3O2/c1-14(2)9-10-4-3-5-11(6-10)12-7-13-8-12;2*3-2(4,5)1(6)7/h3-6,12-13H,7-9H2,1-2H3;2*(H,6,7). The first-order chi connectivity index (χ1) is 12.6. The zero-order valence-electron chi connectivity index (χ0n) is 14.9. The molecule has 160 valence electrons. The lowest BCUT2D eigenvalue weighted by molar-refractivity contribution is -0.193. The van der Waals surface area contributed by atoms with E-state index in [1.54, 1.807) is 0 Å². The molecule has 0 atom stereocenters. The van der Waals surface area contributed by atoms with Gasteiger partial charge in [-0.15, -0.1) is 0 Å². The van der Waals surface area contributed by atoms with E-state index in [2.05, 4.69) is 48.6 Å². The molecular formula is C16H20F6N2O4. The Bertz CT molecular complexity index is 619. The van der Waals surface area contributed by atoms with E-state index in [9.17, 15) is 26.3 Å². The molecular weight excluding hydrogens is 398 g/mol. The molecule has 1 aliphatic heterocycles. The second-order valence-electron chi connectivity index (χ2n) is 5.94. The summed E-state index contributed by atoms with van der Waals surface area (Å²) in [6.07, 6.45) is -10.2. The Labute approximate surface area is 156 Å². The average molecular weight is 418 g/mol. The number of carbonyl (C=O) groups is 2. The summed E-state index contributed by atoms with van der Waals surface area (Å²) in [6.45, 7) is 3.32. The van der Waals surface area contributed by atoms with Gasteiger partial charge in [0.2, 0.25) is 0 Å². The highest BCUT2D eigenvalue weighted by molar-refractivity contribution is 5.73. The third kappa shape index (κ3) is 10.7. The summed E-state index contributed by atoms with van der Waals surface area (Å²) < 4.78 is 63.5. The second-order valence-corrected chi connectivity index (χ2v) is 5.94. The van der Waals surface area contributed by atoms with E-state index < -0.39 is 24.3 Å². The summed E-state index contributed by atoms with van der Waals surface area (Å²) in [5.41, 5.74) is 2.91. The maximum absolute atomic E-state index is 10.6. The van der Waals surface area contributed by atoms with Gasteiger partial charge in [-0.1, -0.05) is 24.3 Å². The SMILES string of the molecule is CN(C)Cc1cccc(C2CNC2)c1.O=C(O)C(F)(F)F.O=C(O)C(F)(F)F. The predicted molar refractivity (Wildman–Crippen MR) is 86.8 cm³/mol. The van der Waals surface area contributed by atoms with Gasteiger partial charge in [-0.3, -0.25) is 0 Å². The first kappa shape index (κ1) is 25.7. The molecule has 1 saturated heterocycles. The Morgan fingerprint density at radius 3 is 1.75 bits per heavy atom. The quantitative estimate of drug-likeness (QED) is 0.655. The average Bonchev–Trinajstić information content (AvgIpc) is 2.44. The zero-order chi connectivity index (χ0) is 22.1. The van der Waals surface area contributed by atoms with Crippen molar-refractivity contribution in [3.05, 3.63) is 35.4 Å². The van der Waals surface area contributed by atoms with Crippen molar-refractivity contribution in [3.8, 4) is 0 Å². The van der Waals surface area contributed by atoms with Crippen molar-refractivity contribution in [2.75, 3.05) is 27.2 Å². The highest BCUT2D eigenvalue weighted by atomic mass is 19.4. The van der Waals surface area contributed by atoms with E-state index in [1.807, 2.05) is 0 Å². The van der Waals surface area contributed by atoms with Crippen molar-refractivity contribution in [1.29, 1.82) is 0 Å². The molecule has 2 rings (SSSR count). The maximum atomic E-state index is 10.6. The van der Waals surface area contributed by atoms with Crippen LogP contribution >= 0.6 is 0 Å². The molecule has 6 nitrogen and oxygen atoms in total. The number of halogens is 6. The fraction of sp³-hybridized carbons (Fsp3) is 0.500. The van der Waals surface area contributed by atoms with Gasteiger partial charge in [0, 0.05) is 25.6 Å². The Kier molecular flexibility index (Phi) is 9.95. The Morgan fingerprint density at radius 1 is 1.04 bits per heavy atom. The van der Waals surface area contributed by atoms with Crippen LogP contribution in [0.15, 0.2) is 24.3 Å². The third-order valence-electron chi connectivity index (χ3n) is 3.19. The molecule has 0 bridgehead atoms. The number of hydrogen-bond donors (Lipinski definition) is 3. The summed E-state index contributed by atoms with van der Waals surface area (Å²) >= 11 is 0. The van der Waals surface area contributed by atoms with E-state index >= 15 is 0 Å². The maximum Gasteiger partial charge on any atom is 0.490 e. The van der Waals surface area contributed by atoms with Crippen LogP contribution < -0.4 is 5.32 Å².